The largest absolute Gasteiger partial charge is 0.461 e. The number of nitrogens with one attached hydrogen (secondary N) is 1. The second-order valence-electron chi connectivity index (χ2n) is 6.05. The average molecular weight is 460 g/mol. The molecule has 0 radical (unpaired) electrons. The molecule has 3 rings (SSSR count). The number of ether oxygens (including phenoxy) is 1. The maximum atomic E-state index is 13.2. The lowest BCUT2D eigenvalue weighted by atomic mass is 10.1. The van der Waals surface area contributed by atoms with Crippen molar-refractivity contribution in [2.75, 3.05) is 5.32 Å². The number of halogens is 2. The number of aromatic nitrogens is 1. The summed E-state index contributed by atoms with van der Waals surface area (Å²) < 4.78 is 18.6. The van der Waals surface area contributed by atoms with Crippen LogP contribution in [0.3, 0.4) is 0 Å². The molecule has 0 saturated heterocycles. The second kappa shape index (κ2) is 8.78. The van der Waals surface area contributed by atoms with E-state index in [2.05, 4.69) is 26.2 Å². The number of esters is 1. The van der Waals surface area contributed by atoms with Crippen molar-refractivity contribution in [3.63, 3.8) is 0 Å². The number of carbonyl (C=O) groups is 1. The summed E-state index contributed by atoms with van der Waals surface area (Å²) in [5.74, 6) is -0.723. The summed E-state index contributed by atoms with van der Waals surface area (Å²) in [5, 5.41) is 14.4. The number of nitro groups is 1. The van der Waals surface area contributed by atoms with Crippen LogP contribution in [0.4, 0.5) is 21.6 Å². The number of benzene rings is 2. The van der Waals surface area contributed by atoms with Gasteiger partial charge in [-0.1, -0.05) is 12.1 Å². The van der Waals surface area contributed by atoms with Gasteiger partial charge in [0, 0.05) is 24.2 Å². The van der Waals surface area contributed by atoms with Gasteiger partial charge >= 0.3 is 11.7 Å². The first-order valence-corrected chi connectivity index (χ1v) is 9.23. The van der Waals surface area contributed by atoms with Crippen molar-refractivity contribution < 1.29 is 18.8 Å². The molecule has 1 aromatic heterocycles. The number of anilines is 2. The van der Waals surface area contributed by atoms with Crippen LogP contribution in [-0.2, 0) is 16.1 Å². The predicted octanol–water partition coefficient (Wildman–Crippen LogP) is 5.37. The van der Waals surface area contributed by atoms with Gasteiger partial charge in [0.2, 0.25) is 5.82 Å². The van der Waals surface area contributed by atoms with Crippen molar-refractivity contribution in [3.05, 3.63) is 80.6 Å². The highest BCUT2D eigenvalue weighted by molar-refractivity contribution is 9.10. The number of hydrogen-bond donors (Lipinski definition) is 1. The molecule has 0 bridgehead atoms. The minimum atomic E-state index is -0.538. The first kappa shape index (κ1) is 20.4. The molecule has 0 aliphatic rings. The Morgan fingerprint density at radius 1 is 1.21 bits per heavy atom. The molecular formula is C20H15BrFN3O4. The number of nitrogens with zero attached hydrogens (tertiary/aromatic N) is 2. The molecule has 7 nitrogen and oxygen atoms in total. The van der Waals surface area contributed by atoms with Crippen LogP contribution >= 0.6 is 15.9 Å². The standard InChI is InChI=1S/C20H15BrFN3O4/c1-12(26)29-11-13-2-8-16(9-3-13)23-20-18(25(27)28)10-17(21)19(24-20)14-4-6-15(22)7-5-14/h2-10H,11H2,1H3,(H,23,24). The molecular weight excluding hydrogens is 445 g/mol. The summed E-state index contributed by atoms with van der Waals surface area (Å²) in [6, 6.07) is 13.9. The van der Waals surface area contributed by atoms with Crippen LogP contribution in [-0.4, -0.2) is 15.9 Å². The van der Waals surface area contributed by atoms with Crippen LogP contribution in [0.1, 0.15) is 12.5 Å². The lowest BCUT2D eigenvalue weighted by molar-refractivity contribution is -0.384. The van der Waals surface area contributed by atoms with Crippen molar-refractivity contribution in [1.82, 2.24) is 4.98 Å². The predicted molar refractivity (Wildman–Crippen MR) is 109 cm³/mol. The molecule has 9 heteroatoms. The fourth-order valence-corrected chi connectivity index (χ4v) is 3.06. The van der Waals surface area contributed by atoms with Gasteiger partial charge in [-0.2, -0.15) is 0 Å². The molecule has 29 heavy (non-hydrogen) atoms. The Morgan fingerprint density at radius 2 is 1.86 bits per heavy atom. The third-order valence-corrected chi connectivity index (χ3v) is 4.53. The quantitative estimate of drug-likeness (QED) is 0.302. The van der Waals surface area contributed by atoms with E-state index >= 15 is 0 Å². The first-order chi connectivity index (χ1) is 13.8. The molecule has 0 amide bonds. The van der Waals surface area contributed by atoms with E-state index < -0.39 is 4.92 Å². The van der Waals surface area contributed by atoms with Crippen molar-refractivity contribution in [3.8, 4) is 11.3 Å². The normalized spacial score (nSPS) is 10.4. The highest BCUT2D eigenvalue weighted by Crippen LogP contribution is 2.35. The number of pyridine rings is 1. The molecule has 1 heterocycles. The Balaban J connectivity index is 1.92. The fourth-order valence-electron chi connectivity index (χ4n) is 2.53. The summed E-state index contributed by atoms with van der Waals surface area (Å²) in [6.07, 6.45) is 0. The van der Waals surface area contributed by atoms with Crippen LogP contribution in [0.15, 0.2) is 59.1 Å². The monoisotopic (exact) mass is 459 g/mol. The van der Waals surface area contributed by atoms with Crippen molar-refractivity contribution >= 4 is 39.1 Å². The van der Waals surface area contributed by atoms with Crippen LogP contribution in [0.25, 0.3) is 11.3 Å². The topological polar surface area (TPSA) is 94.4 Å². The van der Waals surface area contributed by atoms with Gasteiger partial charge in [-0.15, -0.1) is 0 Å². The number of rotatable bonds is 6. The second-order valence-corrected chi connectivity index (χ2v) is 6.91. The van der Waals surface area contributed by atoms with Crippen molar-refractivity contribution in [2.24, 2.45) is 0 Å². The Morgan fingerprint density at radius 3 is 2.45 bits per heavy atom. The molecule has 0 atom stereocenters. The van der Waals surface area contributed by atoms with E-state index in [1.54, 1.807) is 36.4 Å². The lowest BCUT2D eigenvalue weighted by Gasteiger charge is -2.11. The van der Waals surface area contributed by atoms with Crippen LogP contribution in [0, 0.1) is 15.9 Å². The average Bonchev–Trinajstić information content (AvgIpc) is 2.69. The smallest absolute Gasteiger partial charge is 0.312 e. The summed E-state index contributed by atoms with van der Waals surface area (Å²) in [7, 11) is 0. The van der Waals surface area contributed by atoms with E-state index in [0.717, 1.165) is 5.56 Å². The highest BCUT2D eigenvalue weighted by Gasteiger charge is 2.20. The molecule has 148 valence electrons. The van der Waals surface area contributed by atoms with Crippen molar-refractivity contribution in [2.45, 2.75) is 13.5 Å². The van der Waals surface area contributed by atoms with Gasteiger partial charge in [0.15, 0.2) is 0 Å². The zero-order valence-corrected chi connectivity index (χ0v) is 16.8. The van der Waals surface area contributed by atoms with Gasteiger partial charge in [-0.3, -0.25) is 14.9 Å². The van der Waals surface area contributed by atoms with Crippen LogP contribution < -0.4 is 5.32 Å². The number of carbonyl (C=O) groups excluding carboxylic acids is 1. The Bertz CT molecular complexity index is 1060. The van der Waals surface area contributed by atoms with E-state index in [9.17, 15) is 19.3 Å². The zero-order chi connectivity index (χ0) is 21.0. The van der Waals surface area contributed by atoms with Gasteiger partial charge < -0.3 is 10.1 Å². The third-order valence-electron chi connectivity index (χ3n) is 3.93. The maximum absolute atomic E-state index is 13.2. The molecule has 2 aromatic carbocycles. The molecule has 1 N–H and O–H groups in total. The minimum absolute atomic E-state index is 0.0465. The van der Waals surface area contributed by atoms with E-state index in [-0.39, 0.29) is 29.9 Å². The minimum Gasteiger partial charge on any atom is -0.461 e. The van der Waals surface area contributed by atoms with Crippen LogP contribution in [0.2, 0.25) is 0 Å². The highest BCUT2D eigenvalue weighted by atomic mass is 79.9. The zero-order valence-electron chi connectivity index (χ0n) is 15.2. The van der Waals surface area contributed by atoms with Gasteiger partial charge in [0.05, 0.1) is 15.1 Å². The summed E-state index contributed by atoms with van der Waals surface area (Å²) in [6.45, 7) is 1.47. The maximum Gasteiger partial charge on any atom is 0.312 e. The SMILES string of the molecule is CC(=O)OCc1ccc(Nc2nc(-c3ccc(F)cc3)c(Br)cc2[N+](=O)[O-])cc1. The van der Waals surface area contributed by atoms with E-state index in [4.69, 9.17) is 4.74 Å². The number of hydrogen-bond acceptors (Lipinski definition) is 6. The molecule has 0 aliphatic carbocycles. The Hall–Kier alpha value is -3.33. The van der Waals surface area contributed by atoms with E-state index in [1.165, 1.54) is 25.1 Å². The van der Waals surface area contributed by atoms with Gasteiger partial charge in [-0.25, -0.2) is 9.37 Å². The first-order valence-electron chi connectivity index (χ1n) is 8.43. The van der Waals surface area contributed by atoms with Gasteiger partial charge in [0.25, 0.3) is 0 Å². The summed E-state index contributed by atoms with van der Waals surface area (Å²) >= 11 is 3.30. The van der Waals surface area contributed by atoms with E-state index in [1.807, 2.05) is 0 Å². The molecule has 0 fully saturated rings. The van der Waals surface area contributed by atoms with Gasteiger partial charge in [-0.05, 0) is 57.9 Å². The lowest BCUT2D eigenvalue weighted by Crippen LogP contribution is -2.02. The third kappa shape index (κ3) is 5.14. The molecule has 0 unspecified atom stereocenters. The summed E-state index contributed by atoms with van der Waals surface area (Å²) in [5.41, 5.74) is 2.17. The Labute approximate surface area is 173 Å². The van der Waals surface area contributed by atoms with Crippen LogP contribution in [0.5, 0.6) is 0 Å². The van der Waals surface area contributed by atoms with E-state index in [0.29, 0.717) is 21.4 Å². The molecule has 3 aromatic rings. The fraction of sp³-hybridized carbons (Fsp3) is 0.100. The molecule has 0 saturated carbocycles. The Kier molecular flexibility index (Phi) is 6.18. The van der Waals surface area contributed by atoms with Crippen molar-refractivity contribution in [1.29, 1.82) is 0 Å². The summed E-state index contributed by atoms with van der Waals surface area (Å²) in [4.78, 5) is 26.2. The van der Waals surface area contributed by atoms with Gasteiger partial charge in [0.1, 0.15) is 12.4 Å². The molecule has 0 spiro atoms. The molecule has 0 aliphatic heterocycles.